The number of anilines is 2. The SMILES string of the molecule is CCCN(CC(=O)Nc1cc(C(C)(C)C)nn1-c1ccccc1Cl)C(=O)Nc1c(C(C)C)cccc1C(C)C. The van der Waals surface area contributed by atoms with Crippen molar-refractivity contribution in [1.82, 2.24) is 14.7 Å². The molecule has 0 aliphatic carbocycles. The van der Waals surface area contributed by atoms with E-state index in [-0.39, 0.29) is 35.7 Å². The topological polar surface area (TPSA) is 79.3 Å². The molecule has 2 N–H and O–H groups in total. The molecular formula is C31H42ClN5O2. The second-order valence-corrected chi connectivity index (χ2v) is 12.0. The van der Waals surface area contributed by atoms with Gasteiger partial charge in [0.05, 0.1) is 16.4 Å². The van der Waals surface area contributed by atoms with Gasteiger partial charge >= 0.3 is 6.03 Å². The van der Waals surface area contributed by atoms with E-state index in [4.69, 9.17) is 16.7 Å². The lowest BCUT2D eigenvalue weighted by Crippen LogP contribution is -2.41. The highest BCUT2D eigenvalue weighted by molar-refractivity contribution is 6.32. The van der Waals surface area contributed by atoms with Crippen LogP contribution < -0.4 is 10.6 Å². The van der Waals surface area contributed by atoms with Crippen LogP contribution in [-0.4, -0.2) is 39.7 Å². The lowest BCUT2D eigenvalue weighted by atomic mass is 9.92. The summed E-state index contributed by atoms with van der Waals surface area (Å²) < 4.78 is 1.65. The van der Waals surface area contributed by atoms with Gasteiger partial charge in [-0.2, -0.15) is 5.10 Å². The van der Waals surface area contributed by atoms with Gasteiger partial charge in [-0.25, -0.2) is 9.48 Å². The summed E-state index contributed by atoms with van der Waals surface area (Å²) in [5.41, 5.74) is 4.23. The molecule has 0 radical (unpaired) electrons. The third-order valence-corrected chi connectivity index (χ3v) is 6.87. The van der Waals surface area contributed by atoms with E-state index in [1.54, 1.807) is 15.6 Å². The van der Waals surface area contributed by atoms with Gasteiger partial charge in [0.25, 0.3) is 0 Å². The highest BCUT2D eigenvalue weighted by Crippen LogP contribution is 2.33. The molecule has 2 aromatic carbocycles. The molecule has 0 saturated carbocycles. The Morgan fingerprint density at radius 1 is 0.974 bits per heavy atom. The maximum Gasteiger partial charge on any atom is 0.322 e. The summed E-state index contributed by atoms with van der Waals surface area (Å²) in [5, 5.41) is 11.4. The minimum Gasteiger partial charge on any atom is -0.315 e. The minimum atomic E-state index is -0.312. The highest BCUT2D eigenvalue weighted by Gasteiger charge is 2.24. The molecule has 3 aromatic rings. The monoisotopic (exact) mass is 551 g/mol. The van der Waals surface area contributed by atoms with Crippen molar-refractivity contribution in [2.75, 3.05) is 23.7 Å². The zero-order chi connectivity index (χ0) is 28.9. The van der Waals surface area contributed by atoms with Crippen LogP contribution in [0.5, 0.6) is 0 Å². The number of aromatic nitrogens is 2. The third-order valence-electron chi connectivity index (χ3n) is 6.55. The maximum absolute atomic E-state index is 13.5. The fraction of sp³-hybridized carbons (Fsp3) is 0.452. The Morgan fingerprint density at radius 2 is 1.59 bits per heavy atom. The van der Waals surface area contributed by atoms with Gasteiger partial charge in [-0.1, -0.05) is 97.3 Å². The molecule has 7 nitrogen and oxygen atoms in total. The number of rotatable bonds is 9. The van der Waals surface area contributed by atoms with Crippen LogP contribution in [0.4, 0.5) is 16.3 Å². The number of carbonyl (C=O) groups excluding carboxylic acids is 2. The van der Waals surface area contributed by atoms with Gasteiger partial charge in [0.15, 0.2) is 0 Å². The zero-order valence-corrected chi connectivity index (χ0v) is 25.2. The van der Waals surface area contributed by atoms with Gasteiger partial charge in [-0.3, -0.25) is 4.79 Å². The Morgan fingerprint density at radius 3 is 2.13 bits per heavy atom. The summed E-state index contributed by atoms with van der Waals surface area (Å²) >= 11 is 6.47. The van der Waals surface area contributed by atoms with Crippen LogP contribution in [0.1, 0.15) is 90.5 Å². The van der Waals surface area contributed by atoms with Crippen LogP contribution in [0, 0.1) is 0 Å². The molecule has 3 amide bonds. The Hall–Kier alpha value is -3.32. The Kier molecular flexibility index (Phi) is 9.83. The molecule has 0 atom stereocenters. The molecule has 8 heteroatoms. The Labute approximate surface area is 237 Å². The number of hydrogen-bond donors (Lipinski definition) is 2. The number of urea groups is 1. The van der Waals surface area contributed by atoms with Crippen LogP contribution in [0.15, 0.2) is 48.5 Å². The smallest absolute Gasteiger partial charge is 0.315 e. The maximum atomic E-state index is 13.5. The Balaban J connectivity index is 1.87. The zero-order valence-electron chi connectivity index (χ0n) is 24.4. The van der Waals surface area contributed by atoms with Gasteiger partial charge in [0.1, 0.15) is 12.4 Å². The predicted octanol–water partition coefficient (Wildman–Crippen LogP) is 7.95. The van der Waals surface area contributed by atoms with Gasteiger partial charge in [0.2, 0.25) is 5.91 Å². The summed E-state index contributed by atoms with van der Waals surface area (Å²) in [6.45, 7) is 17.0. The summed E-state index contributed by atoms with van der Waals surface area (Å²) in [5.74, 6) is 0.670. The Bertz CT molecular complexity index is 1280. The number of halogens is 1. The van der Waals surface area contributed by atoms with Crippen molar-refractivity contribution in [1.29, 1.82) is 0 Å². The van der Waals surface area contributed by atoms with E-state index in [0.717, 1.165) is 28.9 Å². The largest absolute Gasteiger partial charge is 0.322 e. The average molecular weight is 552 g/mol. The first-order valence-electron chi connectivity index (χ1n) is 13.7. The van der Waals surface area contributed by atoms with Crippen LogP contribution in [0.3, 0.4) is 0 Å². The van der Waals surface area contributed by atoms with Crippen LogP contribution in [0.2, 0.25) is 5.02 Å². The van der Waals surface area contributed by atoms with Gasteiger partial charge < -0.3 is 15.5 Å². The molecule has 0 bridgehead atoms. The van der Waals surface area contributed by atoms with E-state index < -0.39 is 0 Å². The summed E-state index contributed by atoms with van der Waals surface area (Å²) in [6.07, 6.45) is 0.718. The number of nitrogens with one attached hydrogen (secondary N) is 2. The average Bonchev–Trinajstić information content (AvgIpc) is 3.27. The lowest BCUT2D eigenvalue weighted by molar-refractivity contribution is -0.116. The van der Waals surface area contributed by atoms with Crippen molar-refractivity contribution in [3.8, 4) is 5.69 Å². The van der Waals surface area contributed by atoms with Crippen molar-refractivity contribution in [2.45, 2.75) is 79.1 Å². The van der Waals surface area contributed by atoms with Crippen LogP contribution >= 0.6 is 11.6 Å². The fourth-order valence-corrected chi connectivity index (χ4v) is 4.62. The van der Waals surface area contributed by atoms with Crippen molar-refractivity contribution in [3.05, 3.63) is 70.4 Å². The molecule has 0 saturated heterocycles. The number of benzene rings is 2. The van der Waals surface area contributed by atoms with E-state index in [2.05, 4.69) is 59.1 Å². The van der Waals surface area contributed by atoms with Gasteiger partial charge in [0, 0.05) is 23.7 Å². The third kappa shape index (κ3) is 7.41. The molecule has 3 rings (SSSR count). The number of carbonyl (C=O) groups is 2. The fourth-order valence-electron chi connectivity index (χ4n) is 4.40. The molecule has 0 aliphatic rings. The number of amides is 3. The molecule has 1 heterocycles. The first-order valence-corrected chi connectivity index (χ1v) is 14.0. The van der Waals surface area contributed by atoms with Crippen molar-refractivity contribution >= 4 is 35.0 Å². The normalized spacial score (nSPS) is 11.7. The lowest BCUT2D eigenvalue weighted by Gasteiger charge is -2.25. The van der Waals surface area contributed by atoms with E-state index in [1.165, 1.54) is 0 Å². The molecule has 210 valence electrons. The van der Waals surface area contributed by atoms with Crippen molar-refractivity contribution in [3.63, 3.8) is 0 Å². The van der Waals surface area contributed by atoms with Crippen LogP contribution in [0.25, 0.3) is 5.69 Å². The number of hydrogen-bond acceptors (Lipinski definition) is 3. The number of para-hydroxylation sites is 2. The van der Waals surface area contributed by atoms with E-state index in [9.17, 15) is 9.59 Å². The second kappa shape index (κ2) is 12.7. The summed E-state index contributed by atoms with van der Waals surface area (Å²) in [7, 11) is 0. The molecule has 0 unspecified atom stereocenters. The van der Waals surface area contributed by atoms with Gasteiger partial charge in [-0.15, -0.1) is 0 Å². The summed E-state index contributed by atoms with van der Waals surface area (Å²) in [6, 6.07) is 15.1. The van der Waals surface area contributed by atoms with Crippen molar-refractivity contribution < 1.29 is 9.59 Å². The molecule has 1 aromatic heterocycles. The van der Waals surface area contributed by atoms with Gasteiger partial charge in [-0.05, 0) is 41.5 Å². The van der Waals surface area contributed by atoms with E-state index in [0.29, 0.717) is 23.1 Å². The molecule has 39 heavy (non-hydrogen) atoms. The van der Waals surface area contributed by atoms with Crippen LogP contribution in [-0.2, 0) is 10.2 Å². The summed E-state index contributed by atoms with van der Waals surface area (Å²) in [4.78, 5) is 28.4. The molecule has 0 fully saturated rings. The van der Waals surface area contributed by atoms with E-state index in [1.807, 2.05) is 49.4 Å². The van der Waals surface area contributed by atoms with Crippen molar-refractivity contribution in [2.24, 2.45) is 0 Å². The standard InChI is InChI=1S/C31H42ClN5O2/c1-9-17-36(30(39)34-29-22(20(2)3)13-12-14-23(29)21(4)5)19-28(38)33-27-18-26(31(6,7)8)35-37(27)25-16-11-10-15-24(25)32/h10-16,18,20-21H,9,17,19H2,1-8H3,(H,33,38)(H,34,39). The number of nitrogens with zero attached hydrogens (tertiary/aromatic N) is 3. The molecule has 0 aliphatic heterocycles. The molecule has 0 spiro atoms. The predicted molar refractivity (Wildman–Crippen MR) is 161 cm³/mol. The molecular weight excluding hydrogens is 510 g/mol. The first-order chi connectivity index (χ1) is 18.3. The second-order valence-electron chi connectivity index (χ2n) is 11.5. The first kappa shape index (κ1) is 30.2. The van der Waals surface area contributed by atoms with E-state index >= 15 is 0 Å². The highest BCUT2D eigenvalue weighted by atomic mass is 35.5. The quantitative estimate of drug-likeness (QED) is 0.283. The minimum absolute atomic E-state index is 0.0981.